The molecule has 0 heterocycles. The molecule has 100 valence electrons. The summed E-state index contributed by atoms with van der Waals surface area (Å²) >= 11 is 0. The molecule has 5 heteroatoms. The summed E-state index contributed by atoms with van der Waals surface area (Å²) in [5.74, 6) is -0.0879. The van der Waals surface area contributed by atoms with E-state index < -0.39 is 0 Å². The SMILES string of the molecule is CCCCNC(=O)C(C)NC(C)C(=O)N(C)C. The highest BCUT2D eigenvalue weighted by atomic mass is 16.2. The molecule has 0 aromatic heterocycles. The third kappa shape index (κ3) is 6.26. The van der Waals surface area contributed by atoms with Crippen LogP contribution in [0.1, 0.15) is 33.6 Å². The third-order valence-corrected chi connectivity index (χ3v) is 2.53. The average molecular weight is 243 g/mol. The van der Waals surface area contributed by atoms with Gasteiger partial charge in [-0.3, -0.25) is 14.9 Å². The molecular weight excluding hydrogens is 218 g/mol. The monoisotopic (exact) mass is 243 g/mol. The van der Waals surface area contributed by atoms with Gasteiger partial charge in [0.1, 0.15) is 0 Å². The van der Waals surface area contributed by atoms with E-state index in [0.717, 1.165) is 12.8 Å². The molecule has 0 rings (SSSR count). The molecule has 2 N–H and O–H groups in total. The third-order valence-electron chi connectivity index (χ3n) is 2.53. The van der Waals surface area contributed by atoms with E-state index in [2.05, 4.69) is 17.6 Å². The predicted molar refractivity (Wildman–Crippen MR) is 68.7 cm³/mol. The second-order valence-corrected chi connectivity index (χ2v) is 4.49. The zero-order valence-corrected chi connectivity index (χ0v) is 11.5. The van der Waals surface area contributed by atoms with E-state index in [9.17, 15) is 9.59 Å². The van der Waals surface area contributed by atoms with Gasteiger partial charge in [0.2, 0.25) is 11.8 Å². The lowest BCUT2D eigenvalue weighted by Crippen LogP contribution is -2.50. The molecule has 0 radical (unpaired) electrons. The molecule has 5 nitrogen and oxygen atoms in total. The number of rotatable bonds is 7. The van der Waals surface area contributed by atoms with Crippen LogP contribution in [0.4, 0.5) is 0 Å². The van der Waals surface area contributed by atoms with Crippen molar-refractivity contribution in [2.24, 2.45) is 0 Å². The molecule has 0 saturated carbocycles. The predicted octanol–water partition coefficient (Wildman–Crippen LogP) is 0.358. The summed E-state index contributed by atoms with van der Waals surface area (Å²) in [5, 5.41) is 5.81. The van der Waals surface area contributed by atoms with Gasteiger partial charge in [-0.1, -0.05) is 13.3 Å². The lowest BCUT2D eigenvalue weighted by molar-refractivity contribution is -0.131. The number of amides is 2. The largest absolute Gasteiger partial charge is 0.355 e. The highest BCUT2D eigenvalue weighted by Gasteiger charge is 2.20. The number of carbonyl (C=O) groups excluding carboxylic acids is 2. The lowest BCUT2D eigenvalue weighted by atomic mass is 10.2. The number of unbranched alkanes of at least 4 members (excludes halogenated alkanes) is 1. The summed E-state index contributed by atoms with van der Waals surface area (Å²) < 4.78 is 0. The topological polar surface area (TPSA) is 61.4 Å². The van der Waals surface area contributed by atoms with Crippen LogP contribution in [-0.2, 0) is 9.59 Å². The molecule has 0 bridgehead atoms. The summed E-state index contributed by atoms with van der Waals surface area (Å²) in [6.45, 7) is 6.29. The van der Waals surface area contributed by atoms with Gasteiger partial charge in [0.15, 0.2) is 0 Å². The van der Waals surface area contributed by atoms with E-state index in [1.807, 2.05) is 0 Å². The highest BCUT2D eigenvalue weighted by molar-refractivity contribution is 5.84. The summed E-state index contributed by atoms with van der Waals surface area (Å²) in [5.41, 5.74) is 0. The zero-order chi connectivity index (χ0) is 13.4. The summed E-state index contributed by atoms with van der Waals surface area (Å²) in [6.07, 6.45) is 2.03. The van der Waals surface area contributed by atoms with Crippen LogP contribution in [0.2, 0.25) is 0 Å². The van der Waals surface area contributed by atoms with Crippen molar-refractivity contribution < 1.29 is 9.59 Å². The lowest BCUT2D eigenvalue weighted by Gasteiger charge is -2.21. The van der Waals surface area contributed by atoms with Crippen molar-refractivity contribution >= 4 is 11.8 Å². The first-order valence-corrected chi connectivity index (χ1v) is 6.15. The Hall–Kier alpha value is -1.10. The molecular formula is C12H25N3O2. The molecule has 17 heavy (non-hydrogen) atoms. The van der Waals surface area contributed by atoms with E-state index in [0.29, 0.717) is 6.54 Å². The van der Waals surface area contributed by atoms with Crippen LogP contribution in [0.5, 0.6) is 0 Å². The van der Waals surface area contributed by atoms with Gasteiger partial charge in [0.25, 0.3) is 0 Å². The van der Waals surface area contributed by atoms with E-state index in [-0.39, 0.29) is 23.9 Å². The number of nitrogens with one attached hydrogen (secondary N) is 2. The molecule has 0 aliphatic carbocycles. The maximum Gasteiger partial charge on any atom is 0.238 e. The van der Waals surface area contributed by atoms with E-state index >= 15 is 0 Å². The van der Waals surface area contributed by atoms with E-state index in [4.69, 9.17) is 0 Å². The quantitative estimate of drug-likeness (QED) is 0.635. The van der Waals surface area contributed by atoms with Gasteiger partial charge in [-0.15, -0.1) is 0 Å². The molecule has 2 unspecified atom stereocenters. The van der Waals surface area contributed by atoms with Gasteiger partial charge in [-0.2, -0.15) is 0 Å². The second-order valence-electron chi connectivity index (χ2n) is 4.49. The fourth-order valence-corrected chi connectivity index (χ4v) is 1.45. The first kappa shape index (κ1) is 15.9. The van der Waals surface area contributed by atoms with Crippen LogP contribution in [0, 0.1) is 0 Å². The van der Waals surface area contributed by atoms with Gasteiger partial charge < -0.3 is 10.2 Å². The second kappa shape index (κ2) is 8.06. The van der Waals surface area contributed by atoms with Crippen molar-refractivity contribution in [3.05, 3.63) is 0 Å². The fraction of sp³-hybridized carbons (Fsp3) is 0.833. The van der Waals surface area contributed by atoms with Crippen LogP contribution in [0.15, 0.2) is 0 Å². The number of hydrogen-bond donors (Lipinski definition) is 2. The molecule has 0 aromatic rings. The Balaban J connectivity index is 4.02. The molecule has 0 spiro atoms. The van der Waals surface area contributed by atoms with Crippen LogP contribution in [0.25, 0.3) is 0 Å². The summed E-state index contributed by atoms with van der Waals surface area (Å²) in [4.78, 5) is 24.8. The van der Waals surface area contributed by atoms with Crippen LogP contribution in [0.3, 0.4) is 0 Å². The number of carbonyl (C=O) groups is 2. The van der Waals surface area contributed by atoms with Crippen molar-refractivity contribution in [3.8, 4) is 0 Å². The Bertz CT molecular complexity index is 254. The van der Waals surface area contributed by atoms with Crippen molar-refractivity contribution in [1.29, 1.82) is 0 Å². The Morgan fingerprint density at radius 2 is 1.76 bits per heavy atom. The number of likely N-dealkylation sites (N-methyl/N-ethyl adjacent to an activating group) is 1. The van der Waals surface area contributed by atoms with E-state index in [1.165, 1.54) is 4.90 Å². The fourth-order valence-electron chi connectivity index (χ4n) is 1.45. The number of nitrogens with zero attached hydrogens (tertiary/aromatic N) is 1. The Kier molecular flexibility index (Phi) is 7.54. The molecule has 0 saturated heterocycles. The maximum atomic E-state index is 11.6. The minimum absolute atomic E-state index is 0.0294. The Labute approximate surface area is 104 Å². The van der Waals surface area contributed by atoms with Gasteiger partial charge in [0, 0.05) is 20.6 Å². The maximum absolute atomic E-state index is 11.6. The van der Waals surface area contributed by atoms with Gasteiger partial charge >= 0.3 is 0 Å². The minimum atomic E-state index is -0.356. The van der Waals surface area contributed by atoms with Crippen LogP contribution in [-0.4, -0.2) is 49.4 Å². The summed E-state index contributed by atoms with van der Waals surface area (Å²) in [6, 6.07) is -0.706. The standard InChI is InChI=1S/C12H25N3O2/c1-6-7-8-13-11(16)9(2)14-10(3)12(17)15(4)5/h9-10,14H,6-8H2,1-5H3,(H,13,16). The van der Waals surface area contributed by atoms with Crippen molar-refractivity contribution in [3.63, 3.8) is 0 Å². The number of hydrogen-bond acceptors (Lipinski definition) is 3. The molecule has 0 aliphatic heterocycles. The molecule has 2 amide bonds. The van der Waals surface area contributed by atoms with Gasteiger partial charge in [-0.05, 0) is 20.3 Å². The van der Waals surface area contributed by atoms with Crippen molar-refractivity contribution in [2.45, 2.75) is 45.7 Å². The van der Waals surface area contributed by atoms with Crippen LogP contribution >= 0.6 is 0 Å². The smallest absolute Gasteiger partial charge is 0.238 e. The summed E-state index contributed by atoms with van der Waals surface area (Å²) in [7, 11) is 3.40. The normalized spacial score (nSPS) is 13.9. The Morgan fingerprint density at radius 3 is 2.24 bits per heavy atom. The minimum Gasteiger partial charge on any atom is -0.355 e. The van der Waals surface area contributed by atoms with Gasteiger partial charge in [0.05, 0.1) is 12.1 Å². The molecule has 0 fully saturated rings. The highest BCUT2D eigenvalue weighted by Crippen LogP contribution is 1.93. The zero-order valence-electron chi connectivity index (χ0n) is 11.5. The van der Waals surface area contributed by atoms with Gasteiger partial charge in [-0.25, -0.2) is 0 Å². The van der Waals surface area contributed by atoms with Crippen molar-refractivity contribution in [2.75, 3.05) is 20.6 Å². The van der Waals surface area contributed by atoms with E-state index in [1.54, 1.807) is 27.9 Å². The average Bonchev–Trinajstić information content (AvgIpc) is 2.27. The van der Waals surface area contributed by atoms with Crippen molar-refractivity contribution in [1.82, 2.24) is 15.5 Å². The first-order valence-electron chi connectivity index (χ1n) is 6.15. The molecule has 0 aliphatic rings. The molecule has 0 aromatic carbocycles. The van der Waals surface area contributed by atoms with Crippen LogP contribution < -0.4 is 10.6 Å². The molecule has 2 atom stereocenters. The first-order chi connectivity index (χ1) is 7.90. The Morgan fingerprint density at radius 1 is 1.18 bits per heavy atom.